The van der Waals surface area contributed by atoms with E-state index in [0.717, 1.165) is 12.8 Å². The normalized spacial score (nSPS) is 15.7. The van der Waals surface area contributed by atoms with Crippen LogP contribution in [-0.4, -0.2) is 23.7 Å². The predicted molar refractivity (Wildman–Crippen MR) is 68.9 cm³/mol. The molecule has 17 heavy (non-hydrogen) atoms. The number of halogens is 1. The largest absolute Gasteiger partial charge is 0.386 e. The summed E-state index contributed by atoms with van der Waals surface area (Å²) in [7, 11) is 0. The van der Waals surface area contributed by atoms with Gasteiger partial charge in [0, 0.05) is 11.6 Å². The monoisotopic (exact) mass is 251 g/mol. The number of nitrogens with zero attached hydrogens (tertiary/aromatic N) is 1. The van der Waals surface area contributed by atoms with E-state index in [9.17, 15) is 4.79 Å². The Kier molecular flexibility index (Phi) is 3.64. The Hall–Kier alpha value is -1.55. The zero-order valence-corrected chi connectivity index (χ0v) is 10.1. The molecular formula is C12H14ClN3O. The van der Waals surface area contributed by atoms with Crippen molar-refractivity contribution in [2.45, 2.75) is 18.9 Å². The first-order valence-electron chi connectivity index (χ1n) is 5.49. The van der Waals surface area contributed by atoms with Gasteiger partial charge in [-0.05, 0) is 31.0 Å². The third kappa shape index (κ3) is 3.46. The summed E-state index contributed by atoms with van der Waals surface area (Å²) in [4.78, 5) is 15.9. The van der Waals surface area contributed by atoms with Crippen LogP contribution in [0, 0.1) is 0 Å². The van der Waals surface area contributed by atoms with Gasteiger partial charge >= 0.3 is 0 Å². The molecule has 0 radical (unpaired) electrons. The number of carbonyl (C=O) groups is 1. The second-order valence-electron chi connectivity index (χ2n) is 4.03. The average Bonchev–Trinajstić information content (AvgIpc) is 3.13. The predicted octanol–water partition coefficient (Wildman–Crippen LogP) is 1.81. The second kappa shape index (κ2) is 5.19. The number of amidine groups is 1. The molecule has 1 saturated carbocycles. The average molecular weight is 252 g/mol. The van der Waals surface area contributed by atoms with Gasteiger partial charge < -0.3 is 11.1 Å². The third-order valence-corrected chi connectivity index (χ3v) is 2.70. The Morgan fingerprint density at radius 1 is 1.53 bits per heavy atom. The molecule has 0 atom stereocenters. The van der Waals surface area contributed by atoms with Crippen LogP contribution in [0.1, 0.15) is 23.2 Å². The summed E-state index contributed by atoms with van der Waals surface area (Å²) in [5, 5.41) is 2.92. The van der Waals surface area contributed by atoms with Crippen molar-refractivity contribution in [2.75, 3.05) is 5.88 Å². The molecule has 0 spiro atoms. The van der Waals surface area contributed by atoms with Crippen LogP contribution in [0.15, 0.2) is 29.3 Å². The van der Waals surface area contributed by atoms with Crippen LogP contribution in [0.3, 0.4) is 0 Å². The van der Waals surface area contributed by atoms with Gasteiger partial charge in [0.15, 0.2) is 0 Å². The summed E-state index contributed by atoms with van der Waals surface area (Å²) in [5.74, 6) is 0.457. The lowest BCUT2D eigenvalue weighted by Gasteiger charge is -2.04. The molecule has 3 N–H and O–H groups in total. The van der Waals surface area contributed by atoms with Crippen molar-refractivity contribution in [3.05, 3.63) is 29.8 Å². The van der Waals surface area contributed by atoms with E-state index >= 15 is 0 Å². The van der Waals surface area contributed by atoms with Gasteiger partial charge in [-0.15, -0.1) is 11.6 Å². The van der Waals surface area contributed by atoms with Crippen molar-refractivity contribution in [3.8, 4) is 0 Å². The molecular weight excluding hydrogens is 238 g/mol. The minimum absolute atomic E-state index is 0.0611. The van der Waals surface area contributed by atoms with Gasteiger partial charge in [-0.2, -0.15) is 0 Å². The van der Waals surface area contributed by atoms with Gasteiger partial charge in [0.05, 0.1) is 11.6 Å². The number of hydrogen-bond acceptors (Lipinski definition) is 2. The molecule has 1 fully saturated rings. The number of hydrogen-bond donors (Lipinski definition) is 2. The lowest BCUT2D eigenvalue weighted by molar-refractivity contribution is 0.0951. The number of aliphatic imine (C=N–C) groups is 1. The smallest absolute Gasteiger partial charge is 0.251 e. The first-order chi connectivity index (χ1) is 8.19. The Balaban J connectivity index is 2.12. The Morgan fingerprint density at radius 2 is 2.29 bits per heavy atom. The van der Waals surface area contributed by atoms with Crippen molar-refractivity contribution in [3.63, 3.8) is 0 Å². The van der Waals surface area contributed by atoms with Crippen LogP contribution in [0.25, 0.3) is 0 Å². The van der Waals surface area contributed by atoms with Crippen LogP contribution < -0.4 is 11.1 Å². The summed E-state index contributed by atoms with van der Waals surface area (Å²) in [6.45, 7) is 0. The molecule has 0 bridgehead atoms. The van der Waals surface area contributed by atoms with Gasteiger partial charge in [-0.3, -0.25) is 4.79 Å². The lowest BCUT2D eigenvalue weighted by Crippen LogP contribution is -2.25. The summed E-state index contributed by atoms with van der Waals surface area (Å²) >= 11 is 5.55. The zero-order valence-electron chi connectivity index (χ0n) is 9.32. The quantitative estimate of drug-likeness (QED) is 0.487. The van der Waals surface area contributed by atoms with E-state index in [-0.39, 0.29) is 11.8 Å². The van der Waals surface area contributed by atoms with E-state index < -0.39 is 0 Å². The molecule has 1 aliphatic carbocycles. The number of nitrogens with two attached hydrogens (primary N) is 1. The molecule has 1 amide bonds. The fourth-order valence-electron chi connectivity index (χ4n) is 1.41. The molecule has 5 heteroatoms. The number of carbonyl (C=O) groups excluding carboxylic acids is 1. The van der Waals surface area contributed by atoms with Gasteiger partial charge in [0.2, 0.25) is 0 Å². The molecule has 4 nitrogen and oxygen atoms in total. The highest BCUT2D eigenvalue weighted by Crippen LogP contribution is 2.20. The van der Waals surface area contributed by atoms with Gasteiger partial charge in [-0.25, -0.2) is 4.99 Å². The van der Waals surface area contributed by atoms with Gasteiger partial charge in [0.25, 0.3) is 5.91 Å². The highest BCUT2D eigenvalue weighted by Gasteiger charge is 2.23. The fraction of sp³-hybridized carbons (Fsp3) is 0.333. The number of rotatable bonds is 4. The molecule has 0 saturated heterocycles. The minimum Gasteiger partial charge on any atom is -0.386 e. The van der Waals surface area contributed by atoms with E-state index in [1.807, 2.05) is 0 Å². The van der Waals surface area contributed by atoms with Crippen LogP contribution in [0.2, 0.25) is 0 Å². The number of alkyl halides is 1. The second-order valence-corrected chi connectivity index (χ2v) is 4.30. The molecule has 1 aliphatic rings. The van der Waals surface area contributed by atoms with Crippen molar-refractivity contribution in [2.24, 2.45) is 10.7 Å². The van der Waals surface area contributed by atoms with E-state index in [0.29, 0.717) is 23.1 Å². The van der Waals surface area contributed by atoms with E-state index in [2.05, 4.69) is 10.3 Å². The number of nitrogens with one attached hydrogen (secondary N) is 1. The van der Waals surface area contributed by atoms with Crippen molar-refractivity contribution in [1.82, 2.24) is 5.32 Å². The van der Waals surface area contributed by atoms with E-state index in [4.69, 9.17) is 17.3 Å². The first kappa shape index (κ1) is 11.9. The van der Waals surface area contributed by atoms with Crippen molar-refractivity contribution in [1.29, 1.82) is 0 Å². The van der Waals surface area contributed by atoms with Gasteiger partial charge in [-0.1, -0.05) is 6.07 Å². The minimum atomic E-state index is -0.0611. The van der Waals surface area contributed by atoms with Crippen LogP contribution in [-0.2, 0) is 0 Å². The zero-order chi connectivity index (χ0) is 12.3. The third-order valence-electron chi connectivity index (χ3n) is 2.43. The van der Waals surface area contributed by atoms with Crippen LogP contribution >= 0.6 is 11.6 Å². The molecule has 2 rings (SSSR count). The highest BCUT2D eigenvalue weighted by atomic mass is 35.5. The number of amides is 1. The Bertz CT molecular complexity index is 455. The first-order valence-corrected chi connectivity index (χ1v) is 6.02. The summed E-state index contributed by atoms with van der Waals surface area (Å²) < 4.78 is 0. The van der Waals surface area contributed by atoms with Crippen molar-refractivity contribution >= 4 is 29.0 Å². The number of benzene rings is 1. The van der Waals surface area contributed by atoms with Crippen LogP contribution in [0.4, 0.5) is 5.69 Å². The highest BCUT2D eigenvalue weighted by molar-refractivity contribution is 6.28. The Morgan fingerprint density at radius 3 is 2.94 bits per heavy atom. The van der Waals surface area contributed by atoms with E-state index in [1.54, 1.807) is 24.3 Å². The fourth-order valence-corrected chi connectivity index (χ4v) is 1.47. The summed E-state index contributed by atoms with van der Waals surface area (Å²) in [6.07, 6.45) is 2.14. The van der Waals surface area contributed by atoms with Crippen molar-refractivity contribution < 1.29 is 4.79 Å². The van der Waals surface area contributed by atoms with Crippen LogP contribution in [0.5, 0.6) is 0 Å². The molecule has 90 valence electrons. The van der Waals surface area contributed by atoms with Gasteiger partial charge in [0.1, 0.15) is 5.84 Å². The SMILES string of the molecule is NC(CCl)=Nc1cccc(C(=O)NC2CC2)c1. The maximum absolute atomic E-state index is 11.8. The summed E-state index contributed by atoms with van der Waals surface area (Å²) in [6, 6.07) is 7.38. The molecule has 0 aliphatic heterocycles. The molecule has 1 aromatic carbocycles. The van der Waals surface area contributed by atoms with E-state index in [1.165, 1.54) is 0 Å². The lowest BCUT2D eigenvalue weighted by atomic mass is 10.2. The standard InChI is InChI=1S/C12H14ClN3O/c13-7-11(14)15-10-3-1-2-8(6-10)12(17)16-9-4-5-9/h1-3,6,9H,4-5,7H2,(H2,14,15)(H,16,17). The maximum Gasteiger partial charge on any atom is 0.251 e. The topological polar surface area (TPSA) is 67.5 Å². The maximum atomic E-state index is 11.8. The Labute approximate surface area is 105 Å². The summed E-state index contributed by atoms with van der Waals surface area (Å²) in [5.41, 5.74) is 6.78. The molecule has 0 heterocycles. The molecule has 0 unspecified atom stereocenters. The molecule has 1 aromatic rings. The molecule has 0 aromatic heterocycles.